The molecular weight excluding hydrogens is 226 g/mol. The number of amides is 2. The number of rotatable bonds is 6. The number of hydrogen-bond acceptors (Lipinski definition) is 4. The molecule has 0 aromatic carbocycles. The van der Waals surface area contributed by atoms with Crippen LogP contribution in [0.15, 0.2) is 12.4 Å². The van der Waals surface area contributed by atoms with E-state index in [-0.39, 0.29) is 0 Å². The van der Waals surface area contributed by atoms with Gasteiger partial charge in [0.05, 0.1) is 6.20 Å². The molecule has 8 heteroatoms. The Morgan fingerprint density at radius 1 is 1.53 bits per heavy atom. The second kappa shape index (κ2) is 6.46. The van der Waals surface area contributed by atoms with Crippen LogP contribution in [0.1, 0.15) is 13.3 Å². The Hall–Kier alpha value is -2.12. The number of carboxylic acid groups (broad SMARTS) is 1. The van der Waals surface area contributed by atoms with Gasteiger partial charge in [0.15, 0.2) is 0 Å². The molecule has 94 valence electrons. The monoisotopic (exact) mass is 241 g/mol. The minimum atomic E-state index is -1.07. The molecule has 0 aliphatic heterocycles. The van der Waals surface area contributed by atoms with Crippen molar-refractivity contribution in [2.24, 2.45) is 0 Å². The molecule has 0 aliphatic carbocycles. The first-order chi connectivity index (χ1) is 8.09. The fourth-order valence-corrected chi connectivity index (χ4v) is 1.10. The zero-order chi connectivity index (χ0) is 12.7. The highest BCUT2D eigenvalue weighted by molar-refractivity contribution is 5.82. The molecule has 0 saturated heterocycles. The molecule has 3 N–H and O–H groups in total. The lowest BCUT2D eigenvalue weighted by molar-refractivity contribution is -0.138. The minimum absolute atomic E-state index is 0.442. The van der Waals surface area contributed by atoms with Gasteiger partial charge in [0.1, 0.15) is 6.04 Å². The number of nitrogens with zero attached hydrogens (tertiary/aromatic N) is 3. The lowest BCUT2D eigenvalue weighted by Crippen LogP contribution is -2.44. The number of hydrogen-bond donors (Lipinski definition) is 3. The normalized spacial score (nSPS) is 11.8. The van der Waals surface area contributed by atoms with Crippen LogP contribution in [0.3, 0.4) is 0 Å². The van der Waals surface area contributed by atoms with Crippen LogP contribution in [0.25, 0.3) is 0 Å². The molecule has 0 radical (unpaired) electrons. The quantitative estimate of drug-likeness (QED) is 0.578. The predicted molar refractivity (Wildman–Crippen MR) is 58.3 cm³/mol. The summed E-state index contributed by atoms with van der Waals surface area (Å²) < 4.78 is 1.65. The van der Waals surface area contributed by atoms with Gasteiger partial charge < -0.3 is 15.7 Å². The highest BCUT2D eigenvalue weighted by atomic mass is 16.4. The molecule has 1 atom stereocenters. The standard InChI is InChI=1S/C9H15N5O3/c1-7(8(15)16)12-9(17)10-3-2-5-14-6-4-11-13-14/h4,6-7H,2-3,5H2,1H3,(H,15,16)(H2,10,12,17)/t7-/m1/s1. The number of urea groups is 1. The highest BCUT2D eigenvalue weighted by Gasteiger charge is 2.12. The lowest BCUT2D eigenvalue weighted by atomic mass is 10.3. The average molecular weight is 241 g/mol. The van der Waals surface area contributed by atoms with Gasteiger partial charge in [-0.2, -0.15) is 0 Å². The van der Waals surface area contributed by atoms with Crippen LogP contribution in [-0.2, 0) is 11.3 Å². The number of aromatic nitrogens is 3. The molecule has 8 nitrogen and oxygen atoms in total. The fourth-order valence-electron chi connectivity index (χ4n) is 1.10. The summed E-state index contributed by atoms with van der Waals surface area (Å²) in [7, 11) is 0. The van der Waals surface area contributed by atoms with Crippen LogP contribution in [0.5, 0.6) is 0 Å². The number of carbonyl (C=O) groups excluding carboxylic acids is 1. The summed E-state index contributed by atoms with van der Waals surface area (Å²) in [4.78, 5) is 21.7. The third kappa shape index (κ3) is 4.96. The van der Waals surface area contributed by atoms with Crippen LogP contribution in [0, 0.1) is 0 Å². The zero-order valence-corrected chi connectivity index (χ0v) is 9.46. The van der Waals surface area contributed by atoms with Gasteiger partial charge in [-0.1, -0.05) is 5.21 Å². The third-order valence-corrected chi connectivity index (χ3v) is 2.04. The van der Waals surface area contributed by atoms with Crippen molar-refractivity contribution in [1.82, 2.24) is 25.6 Å². The molecule has 0 unspecified atom stereocenters. The van der Waals surface area contributed by atoms with Crippen molar-refractivity contribution in [3.63, 3.8) is 0 Å². The van der Waals surface area contributed by atoms with E-state index in [1.807, 2.05) is 0 Å². The number of nitrogens with one attached hydrogen (secondary N) is 2. The van der Waals surface area contributed by atoms with Crippen molar-refractivity contribution in [3.05, 3.63) is 12.4 Å². The van der Waals surface area contributed by atoms with Crippen molar-refractivity contribution in [2.45, 2.75) is 25.9 Å². The van der Waals surface area contributed by atoms with Gasteiger partial charge in [0, 0.05) is 19.3 Å². The van der Waals surface area contributed by atoms with Gasteiger partial charge in [-0.05, 0) is 13.3 Å². The Bertz CT molecular complexity index is 365. The van der Waals surface area contributed by atoms with Gasteiger partial charge >= 0.3 is 12.0 Å². The van der Waals surface area contributed by atoms with E-state index in [9.17, 15) is 9.59 Å². The predicted octanol–water partition coefficient (Wildman–Crippen LogP) is -0.559. The fraction of sp³-hybridized carbons (Fsp3) is 0.556. The first kappa shape index (κ1) is 12.9. The lowest BCUT2D eigenvalue weighted by Gasteiger charge is -2.10. The number of carbonyl (C=O) groups is 2. The van der Waals surface area contributed by atoms with E-state index in [0.29, 0.717) is 19.5 Å². The molecule has 1 aromatic rings. The zero-order valence-electron chi connectivity index (χ0n) is 9.46. The van der Waals surface area contributed by atoms with E-state index >= 15 is 0 Å². The highest BCUT2D eigenvalue weighted by Crippen LogP contribution is 1.86. The van der Waals surface area contributed by atoms with Crippen LogP contribution >= 0.6 is 0 Å². The largest absolute Gasteiger partial charge is 0.480 e. The maximum atomic E-state index is 11.2. The third-order valence-electron chi connectivity index (χ3n) is 2.04. The number of carboxylic acids is 1. The molecule has 0 spiro atoms. The van der Waals surface area contributed by atoms with E-state index in [2.05, 4.69) is 20.9 Å². The SMILES string of the molecule is C[C@@H](NC(=O)NCCCn1ccnn1)C(=O)O. The molecule has 0 bridgehead atoms. The minimum Gasteiger partial charge on any atom is -0.480 e. The maximum Gasteiger partial charge on any atom is 0.325 e. The summed E-state index contributed by atoms with van der Waals surface area (Å²) in [6, 6.07) is -1.39. The summed E-state index contributed by atoms with van der Waals surface area (Å²) in [5, 5.41) is 20.8. The summed E-state index contributed by atoms with van der Waals surface area (Å²) in [5.41, 5.74) is 0. The van der Waals surface area contributed by atoms with Crippen LogP contribution < -0.4 is 10.6 Å². The molecule has 1 aromatic heterocycles. The summed E-state index contributed by atoms with van der Waals surface area (Å²) in [5.74, 6) is -1.07. The second-order valence-electron chi connectivity index (χ2n) is 3.48. The average Bonchev–Trinajstić information content (AvgIpc) is 2.77. The van der Waals surface area contributed by atoms with Gasteiger partial charge in [-0.15, -0.1) is 5.10 Å². The molecule has 0 aliphatic rings. The van der Waals surface area contributed by atoms with Crippen molar-refractivity contribution in [2.75, 3.05) is 6.54 Å². The van der Waals surface area contributed by atoms with Crippen molar-refractivity contribution in [1.29, 1.82) is 0 Å². The Labute approximate surface area is 98.0 Å². The van der Waals surface area contributed by atoms with Crippen molar-refractivity contribution in [3.8, 4) is 0 Å². The molecule has 2 amide bonds. The molecule has 1 rings (SSSR count). The second-order valence-corrected chi connectivity index (χ2v) is 3.48. The molecule has 0 saturated carbocycles. The van der Waals surface area contributed by atoms with E-state index in [0.717, 1.165) is 0 Å². The van der Waals surface area contributed by atoms with Gasteiger partial charge in [-0.25, -0.2) is 4.79 Å². The Morgan fingerprint density at radius 2 is 2.29 bits per heavy atom. The van der Waals surface area contributed by atoms with E-state index in [1.54, 1.807) is 17.1 Å². The number of aryl methyl sites for hydroxylation is 1. The number of aliphatic carboxylic acids is 1. The van der Waals surface area contributed by atoms with Crippen LogP contribution in [-0.4, -0.2) is 44.7 Å². The van der Waals surface area contributed by atoms with Crippen molar-refractivity contribution >= 4 is 12.0 Å². The Balaban J connectivity index is 2.10. The first-order valence-electron chi connectivity index (χ1n) is 5.21. The summed E-state index contributed by atoms with van der Waals surface area (Å²) in [6.07, 6.45) is 4.00. The molecule has 17 heavy (non-hydrogen) atoms. The molecular formula is C9H15N5O3. The summed E-state index contributed by atoms with van der Waals surface area (Å²) in [6.45, 7) is 2.49. The summed E-state index contributed by atoms with van der Waals surface area (Å²) >= 11 is 0. The maximum absolute atomic E-state index is 11.2. The smallest absolute Gasteiger partial charge is 0.325 e. The van der Waals surface area contributed by atoms with Crippen LogP contribution in [0.2, 0.25) is 0 Å². The van der Waals surface area contributed by atoms with E-state index in [1.165, 1.54) is 6.92 Å². The topological polar surface area (TPSA) is 109 Å². The Kier molecular flexibility index (Phi) is 4.92. The van der Waals surface area contributed by atoms with Crippen molar-refractivity contribution < 1.29 is 14.7 Å². The Morgan fingerprint density at radius 3 is 2.88 bits per heavy atom. The van der Waals surface area contributed by atoms with Crippen LogP contribution in [0.4, 0.5) is 4.79 Å². The van der Waals surface area contributed by atoms with E-state index < -0.39 is 18.0 Å². The first-order valence-corrected chi connectivity index (χ1v) is 5.21. The van der Waals surface area contributed by atoms with Gasteiger partial charge in [0.2, 0.25) is 0 Å². The molecule has 1 heterocycles. The van der Waals surface area contributed by atoms with E-state index in [4.69, 9.17) is 5.11 Å². The van der Waals surface area contributed by atoms with Gasteiger partial charge in [-0.3, -0.25) is 9.48 Å². The van der Waals surface area contributed by atoms with Gasteiger partial charge in [0.25, 0.3) is 0 Å². The molecule has 0 fully saturated rings.